The van der Waals surface area contributed by atoms with E-state index in [9.17, 15) is 9.59 Å². The summed E-state index contributed by atoms with van der Waals surface area (Å²) in [6.07, 6.45) is 4.82. The highest BCUT2D eigenvalue weighted by molar-refractivity contribution is 9.10. The van der Waals surface area contributed by atoms with E-state index in [0.29, 0.717) is 19.4 Å². The zero-order chi connectivity index (χ0) is 26.1. The first-order chi connectivity index (χ1) is 17.5. The number of carbonyl (C=O) groups excluding carboxylic acids is 2. The molecule has 1 aromatic heterocycles. The van der Waals surface area contributed by atoms with Gasteiger partial charge in [0.1, 0.15) is 0 Å². The summed E-state index contributed by atoms with van der Waals surface area (Å²) >= 11 is 3.70. The highest BCUT2D eigenvalue weighted by atomic mass is 79.9. The summed E-state index contributed by atoms with van der Waals surface area (Å²) < 4.78 is 3.34. The Bertz CT molecular complexity index is 1480. The number of hydrogen-bond acceptors (Lipinski definition) is 3. The normalized spacial score (nSPS) is 21.2. The Morgan fingerprint density at radius 3 is 2.03 bits per heavy atom. The van der Waals surface area contributed by atoms with E-state index in [1.165, 1.54) is 5.56 Å². The van der Waals surface area contributed by atoms with Crippen molar-refractivity contribution < 1.29 is 9.59 Å². The van der Waals surface area contributed by atoms with Crippen LogP contribution in [0.3, 0.4) is 0 Å². The molecule has 3 aliphatic rings. The Hall–Kier alpha value is -2.92. The molecule has 1 aliphatic heterocycles. The van der Waals surface area contributed by atoms with Crippen molar-refractivity contribution in [1.82, 2.24) is 9.88 Å². The minimum atomic E-state index is -0.330. The fourth-order valence-electron chi connectivity index (χ4n) is 6.65. The van der Waals surface area contributed by atoms with Gasteiger partial charge in [0.2, 0.25) is 0 Å². The van der Waals surface area contributed by atoms with Crippen molar-refractivity contribution in [2.75, 3.05) is 0 Å². The van der Waals surface area contributed by atoms with E-state index in [1.807, 2.05) is 6.07 Å². The molecule has 0 amide bonds. The van der Waals surface area contributed by atoms with Gasteiger partial charge in [-0.1, -0.05) is 80.0 Å². The van der Waals surface area contributed by atoms with Crippen molar-refractivity contribution in [2.24, 2.45) is 10.8 Å². The van der Waals surface area contributed by atoms with Crippen LogP contribution >= 0.6 is 15.9 Å². The molecule has 0 saturated heterocycles. The molecule has 3 aromatic rings. The smallest absolute Gasteiger partial charge is 0.162 e. The van der Waals surface area contributed by atoms with Gasteiger partial charge in [0, 0.05) is 69.4 Å². The number of aromatic nitrogens is 1. The monoisotopic (exact) mass is 556 g/mol. The first-order valence-electron chi connectivity index (χ1n) is 13.1. The fourth-order valence-corrected chi connectivity index (χ4v) is 7.06. The van der Waals surface area contributed by atoms with Gasteiger partial charge in [-0.05, 0) is 46.9 Å². The molecule has 37 heavy (non-hydrogen) atoms. The zero-order valence-electron chi connectivity index (χ0n) is 22.0. The molecular weight excluding hydrogens is 524 g/mol. The molecule has 2 aromatic carbocycles. The Labute approximate surface area is 227 Å². The third-order valence-electron chi connectivity index (χ3n) is 8.15. The molecular formula is C32H33BrN2O2. The third-order valence-corrected chi connectivity index (χ3v) is 8.92. The zero-order valence-corrected chi connectivity index (χ0v) is 23.5. The van der Waals surface area contributed by atoms with Gasteiger partial charge in [-0.25, -0.2) is 0 Å². The van der Waals surface area contributed by atoms with E-state index in [0.717, 1.165) is 56.3 Å². The molecule has 0 unspecified atom stereocenters. The van der Waals surface area contributed by atoms with E-state index >= 15 is 0 Å². The van der Waals surface area contributed by atoms with Gasteiger partial charge in [0.05, 0.1) is 0 Å². The molecule has 1 N–H and O–H groups in total. The maximum Gasteiger partial charge on any atom is 0.162 e. The summed E-state index contributed by atoms with van der Waals surface area (Å²) in [5.41, 5.74) is 6.78. The maximum atomic E-state index is 13.8. The van der Waals surface area contributed by atoms with Crippen LogP contribution in [0.25, 0.3) is 10.9 Å². The predicted molar refractivity (Wildman–Crippen MR) is 151 cm³/mol. The molecule has 2 aliphatic carbocycles. The minimum absolute atomic E-state index is 0.104. The Balaban J connectivity index is 1.57. The van der Waals surface area contributed by atoms with Crippen LogP contribution in [0, 0.1) is 10.8 Å². The number of dihydropyridines is 1. The number of carbonyl (C=O) groups is 2. The van der Waals surface area contributed by atoms with Gasteiger partial charge >= 0.3 is 0 Å². The topological polar surface area (TPSA) is 51.1 Å². The number of ketones is 2. The van der Waals surface area contributed by atoms with Gasteiger partial charge in [0.15, 0.2) is 11.6 Å². The lowest BCUT2D eigenvalue weighted by atomic mass is 9.64. The number of nitrogens with zero attached hydrogens (tertiary/aromatic N) is 1. The molecule has 0 saturated carbocycles. The number of fused-ring (bicyclic) bond motifs is 1. The lowest BCUT2D eigenvalue weighted by Gasteiger charge is -2.43. The number of nitrogens with one attached hydrogen (secondary N) is 1. The van der Waals surface area contributed by atoms with Gasteiger partial charge < -0.3 is 9.88 Å². The molecule has 4 nitrogen and oxygen atoms in total. The van der Waals surface area contributed by atoms with E-state index in [1.54, 1.807) is 0 Å². The number of para-hydroxylation sites is 1. The van der Waals surface area contributed by atoms with Crippen molar-refractivity contribution in [3.05, 3.63) is 92.9 Å². The van der Waals surface area contributed by atoms with Crippen molar-refractivity contribution >= 4 is 38.4 Å². The first kappa shape index (κ1) is 24.4. The van der Waals surface area contributed by atoms with Gasteiger partial charge in [-0.2, -0.15) is 0 Å². The average Bonchev–Trinajstić information content (AvgIpc) is 3.16. The lowest BCUT2D eigenvalue weighted by Crippen LogP contribution is -2.42. The highest BCUT2D eigenvalue weighted by Crippen LogP contribution is 2.52. The van der Waals surface area contributed by atoms with Gasteiger partial charge in [-0.3, -0.25) is 9.59 Å². The molecule has 0 bridgehead atoms. The van der Waals surface area contributed by atoms with Gasteiger partial charge in [-0.15, -0.1) is 0 Å². The van der Waals surface area contributed by atoms with Crippen LogP contribution in [0.15, 0.2) is 81.7 Å². The number of halogens is 1. The molecule has 2 heterocycles. The van der Waals surface area contributed by atoms with Crippen LogP contribution < -0.4 is 5.32 Å². The van der Waals surface area contributed by atoms with Crippen LogP contribution in [-0.2, 0) is 16.1 Å². The molecule has 0 radical (unpaired) electrons. The molecule has 6 rings (SSSR count). The highest BCUT2D eigenvalue weighted by Gasteiger charge is 2.47. The Morgan fingerprint density at radius 1 is 0.838 bits per heavy atom. The van der Waals surface area contributed by atoms with E-state index in [-0.39, 0.29) is 28.3 Å². The van der Waals surface area contributed by atoms with Crippen molar-refractivity contribution in [3.8, 4) is 0 Å². The number of allylic oxidation sites excluding steroid dienone is 4. The maximum absolute atomic E-state index is 13.8. The van der Waals surface area contributed by atoms with Crippen LogP contribution in [0.1, 0.15) is 70.4 Å². The number of benzene rings is 2. The van der Waals surface area contributed by atoms with Gasteiger partial charge in [0.25, 0.3) is 0 Å². The second kappa shape index (κ2) is 8.56. The van der Waals surface area contributed by atoms with E-state index < -0.39 is 0 Å². The number of hydrogen-bond donors (Lipinski definition) is 1. The van der Waals surface area contributed by atoms with Crippen molar-refractivity contribution in [3.63, 3.8) is 0 Å². The summed E-state index contributed by atoms with van der Waals surface area (Å²) in [6.45, 7) is 9.35. The second-order valence-electron chi connectivity index (χ2n) is 12.5. The molecule has 0 atom stereocenters. The van der Waals surface area contributed by atoms with Crippen LogP contribution in [0.2, 0.25) is 0 Å². The standard InChI is InChI=1S/C32H33BrN2O2/c1-31(2)13-23-29(26(36)15-31)28(30-24(34-23)14-32(3,4)16-27(30)37)21-18-35(25-12-8-6-10-20(21)25)17-19-9-5-7-11-22(19)33/h5-12,18,28,34H,13-17H2,1-4H3. The summed E-state index contributed by atoms with van der Waals surface area (Å²) in [7, 11) is 0. The number of Topliss-reactive ketones (excluding diaryl/α,β-unsaturated/α-hetero) is 2. The molecule has 5 heteroatoms. The van der Waals surface area contributed by atoms with Crippen molar-refractivity contribution in [2.45, 2.75) is 65.8 Å². The largest absolute Gasteiger partial charge is 0.362 e. The SMILES string of the molecule is CC1(C)CC(=O)C2=C(C1)NC1=C(C(=O)CC(C)(C)C1)C2c1cn(Cc2ccccc2Br)c2ccccc12. The molecule has 0 spiro atoms. The second-order valence-corrected chi connectivity index (χ2v) is 13.4. The van der Waals surface area contributed by atoms with E-state index in [2.05, 4.69) is 102 Å². The Morgan fingerprint density at radius 2 is 1.41 bits per heavy atom. The minimum Gasteiger partial charge on any atom is -0.362 e. The van der Waals surface area contributed by atoms with Crippen LogP contribution in [0.4, 0.5) is 0 Å². The summed E-state index contributed by atoms with van der Waals surface area (Å²) in [5, 5.41) is 4.74. The van der Waals surface area contributed by atoms with Crippen molar-refractivity contribution in [1.29, 1.82) is 0 Å². The summed E-state index contributed by atoms with van der Waals surface area (Å²) in [5.74, 6) is -0.00467. The quantitative estimate of drug-likeness (QED) is 0.365. The lowest BCUT2D eigenvalue weighted by molar-refractivity contribution is -0.119. The Kier molecular flexibility index (Phi) is 5.65. The first-order valence-corrected chi connectivity index (χ1v) is 13.9. The predicted octanol–water partition coefficient (Wildman–Crippen LogP) is 7.43. The summed E-state index contributed by atoms with van der Waals surface area (Å²) in [4.78, 5) is 27.5. The van der Waals surface area contributed by atoms with E-state index in [4.69, 9.17) is 0 Å². The average molecular weight is 558 g/mol. The van der Waals surface area contributed by atoms with Crippen LogP contribution in [-0.4, -0.2) is 16.1 Å². The van der Waals surface area contributed by atoms with Crippen LogP contribution in [0.5, 0.6) is 0 Å². The third kappa shape index (κ3) is 4.21. The number of rotatable bonds is 3. The molecule has 0 fully saturated rings. The fraction of sp³-hybridized carbons (Fsp3) is 0.375. The summed E-state index contributed by atoms with van der Waals surface area (Å²) in [6, 6.07) is 16.7. The molecule has 190 valence electrons.